The summed E-state index contributed by atoms with van der Waals surface area (Å²) in [6.07, 6.45) is -4.73. The van der Waals surface area contributed by atoms with Gasteiger partial charge in [-0.15, -0.1) is 0 Å². The molecule has 1 aliphatic rings. The number of alkyl halides is 3. The molecule has 0 spiro atoms. The standard InChI is InChI=1S/C19H19F4N5O3/c20-16-12(11-27-6-8-28(9-7-27)18(30)31)2-1-3-14(16)26-17(29)25-13-4-5-15(24-10-13)19(21,22)23/h1-5,10H,6-9,11H2,(H,30,31)(H2,25,26,29). The number of hydrogen-bond donors (Lipinski definition) is 3. The summed E-state index contributed by atoms with van der Waals surface area (Å²) in [5, 5.41) is 13.6. The summed E-state index contributed by atoms with van der Waals surface area (Å²) in [5.41, 5.74) is -0.864. The van der Waals surface area contributed by atoms with Crippen molar-refractivity contribution in [3.8, 4) is 0 Å². The molecular weight excluding hydrogens is 422 g/mol. The van der Waals surface area contributed by atoms with Crippen LogP contribution in [-0.4, -0.2) is 58.2 Å². The zero-order chi connectivity index (χ0) is 22.6. The van der Waals surface area contributed by atoms with Gasteiger partial charge in [-0.05, 0) is 18.2 Å². The van der Waals surface area contributed by atoms with Crippen molar-refractivity contribution in [1.29, 1.82) is 0 Å². The lowest BCUT2D eigenvalue weighted by Crippen LogP contribution is -2.47. The summed E-state index contributed by atoms with van der Waals surface area (Å²) in [5.74, 6) is -0.649. The third kappa shape index (κ3) is 5.81. The molecule has 1 fully saturated rings. The Morgan fingerprint density at radius 1 is 1.06 bits per heavy atom. The molecule has 0 bridgehead atoms. The average molecular weight is 441 g/mol. The molecule has 166 valence electrons. The molecule has 2 heterocycles. The topological polar surface area (TPSA) is 97.8 Å². The quantitative estimate of drug-likeness (QED) is 0.629. The predicted octanol–water partition coefficient (Wildman–Crippen LogP) is 3.68. The number of benzene rings is 1. The number of piperazine rings is 1. The van der Waals surface area contributed by atoms with Crippen LogP contribution in [0.25, 0.3) is 0 Å². The Bertz CT molecular complexity index is 945. The van der Waals surface area contributed by atoms with Gasteiger partial charge in [0.1, 0.15) is 5.69 Å². The van der Waals surface area contributed by atoms with E-state index < -0.39 is 29.8 Å². The van der Waals surface area contributed by atoms with Crippen molar-refractivity contribution in [1.82, 2.24) is 14.8 Å². The minimum atomic E-state index is -4.59. The second-order valence-electron chi connectivity index (χ2n) is 6.83. The molecule has 8 nitrogen and oxygen atoms in total. The van der Waals surface area contributed by atoms with Gasteiger partial charge in [-0.2, -0.15) is 13.2 Å². The van der Waals surface area contributed by atoms with Gasteiger partial charge < -0.3 is 20.6 Å². The second-order valence-corrected chi connectivity index (χ2v) is 6.83. The maximum Gasteiger partial charge on any atom is 0.433 e. The van der Waals surface area contributed by atoms with Crippen molar-refractivity contribution in [3.63, 3.8) is 0 Å². The lowest BCUT2D eigenvalue weighted by molar-refractivity contribution is -0.141. The van der Waals surface area contributed by atoms with E-state index in [0.29, 0.717) is 31.7 Å². The van der Waals surface area contributed by atoms with Crippen LogP contribution in [-0.2, 0) is 12.7 Å². The van der Waals surface area contributed by atoms with Crippen molar-refractivity contribution in [2.24, 2.45) is 0 Å². The van der Waals surface area contributed by atoms with Gasteiger partial charge >= 0.3 is 18.3 Å². The molecule has 0 saturated carbocycles. The smallest absolute Gasteiger partial charge is 0.433 e. The highest BCUT2D eigenvalue weighted by atomic mass is 19.4. The number of aromatic nitrogens is 1. The Morgan fingerprint density at radius 2 is 1.77 bits per heavy atom. The highest BCUT2D eigenvalue weighted by Gasteiger charge is 2.32. The Labute approximate surface area is 174 Å². The lowest BCUT2D eigenvalue weighted by Gasteiger charge is -2.33. The molecule has 0 unspecified atom stereocenters. The van der Waals surface area contributed by atoms with Crippen LogP contribution < -0.4 is 10.6 Å². The number of anilines is 2. The van der Waals surface area contributed by atoms with Crippen LogP contribution >= 0.6 is 0 Å². The van der Waals surface area contributed by atoms with E-state index in [0.717, 1.165) is 18.3 Å². The second kappa shape index (κ2) is 9.16. The van der Waals surface area contributed by atoms with Crippen molar-refractivity contribution in [2.45, 2.75) is 12.7 Å². The van der Waals surface area contributed by atoms with Gasteiger partial charge in [0, 0.05) is 38.3 Å². The summed E-state index contributed by atoms with van der Waals surface area (Å²) >= 11 is 0. The van der Waals surface area contributed by atoms with Gasteiger partial charge in [-0.3, -0.25) is 4.90 Å². The predicted molar refractivity (Wildman–Crippen MR) is 103 cm³/mol. The van der Waals surface area contributed by atoms with Crippen LogP contribution in [0.15, 0.2) is 36.5 Å². The summed E-state index contributed by atoms with van der Waals surface area (Å²) in [6.45, 7) is 1.77. The van der Waals surface area contributed by atoms with Crippen molar-refractivity contribution in [2.75, 3.05) is 36.8 Å². The number of halogens is 4. The zero-order valence-electron chi connectivity index (χ0n) is 16.1. The number of rotatable bonds is 4. The minimum absolute atomic E-state index is 0.0124. The van der Waals surface area contributed by atoms with E-state index in [-0.39, 0.29) is 17.9 Å². The number of pyridine rings is 1. The zero-order valence-corrected chi connectivity index (χ0v) is 16.1. The molecule has 3 amide bonds. The van der Waals surface area contributed by atoms with E-state index in [9.17, 15) is 27.2 Å². The normalized spacial score (nSPS) is 14.9. The summed E-state index contributed by atoms with van der Waals surface area (Å²) in [7, 11) is 0. The Kier molecular flexibility index (Phi) is 6.59. The first-order chi connectivity index (χ1) is 14.6. The largest absolute Gasteiger partial charge is 0.465 e. The summed E-state index contributed by atoms with van der Waals surface area (Å²) in [6, 6.07) is 5.39. The van der Waals surface area contributed by atoms with Gasteiger partial charge in [-0.25, -0.2) is 19.0 Å². The minimum Gasteiger partial charge on any atom is -0.465 e. The third-order valence-corrected chi connectivity index (χ3v) is 4.68. The fourth-order valence-electron chi connectivity index (χ4n) is 3.06. The third-order valence-electron chi connectivity index (χ3n) is 4.68. The number of urea groups is 1. The molecule has 31 heavy (non-hydrogen) atoms. The van der Waals surface area contributed by atoms with Crippen molar-refractivity contribution < 1.29 is 32.3 Å². The van der Waals surface area contributed by atoms with E-state index in [2.05, 4.69) is 15.6 Å². The number of carbonyl (C=O) groups excluding carboxylic acids is 1. The molecule has 1 aromatic carbocycles. The number of nitrogens with one attached hydrogen (secondary N) is 2. The molecule has 1 aliphatic heterocycles. The van der Waals surface area contributed by atoms with Crippen LogP contribution in [0.3, 0.4) is 0 Å². The van der Waals surface area contributed by atoms with E-state index >= 15 is 0 Å². The first-order valence-electron chi connectivity index (χ1n) is 9.22. The molecule has 2 aromatic rings. The Hall–Kier alpha value is -3.41. The maximum atomic E-state index is 14.8. The summed E-state index contributed by atoms with van der Waals surface area (Å²) < 4.78 is 52.4. The molecule has 0 aliphatic carbocycles. The van der Waals surface area contributed by atoms with Crippen LogP contribution in [0.1, 0.15) is 11.3 Å². The molecule has 0 atom stereocenters. The van der Waals surface area contributed by atoms with Gasteiger partial charge in [0.15, 0.2) is 5.82 Å². The number of amides is 3. The fraction of sp³-hybridized carbons (Fsp3) is 0.316. The fourth-order valence-corrected chi connectivity index (χ4v) is 3.06. The number of carboxylic acid groups (broad SMARTS) is 1. The van der Waals surface area contributed by atoms with Crippen LogP contribution in [0.2, 0.25) is 0 Å². The first kappa shape index (κ1) is 22.3. The van der Waals surface area contributed by atoms with E-state index in [1.807, 2.05) is 4.90 Å². The highest BCUT2D eigenvalue weighted by molar-refractivity contribution is 5.99. The van der Waals surface area contributed by atoms with Gasteiger partial charge in [0.25, 0.3) is 0 Å². The molecule has 3 N–H and O–H groups in total. The highest BCUT2D eigenvalue weighted by Crippen LogP contribution is 2.28. The van der Waals surface area contributed by atoms with Crippen LogP contribution in [0, 0.1) is 5.82 Å². The Balaban J connectivity index is 1.59. The molecule has 0 radical (unpaired) electrons. The van der Waals surface area contributed by atoms with E-state index in [1.165, 1.54) is 11.0 Å². The van der Waals surface area contributed by atoms with Gasteiger partial charge in [0.2, 0.25) is 0 Å². The molecular formula is C19H19F4N5O3. The number of hydrogen-bond acceptors (Lipinski definition) is 4. The molecule has 3 rings (SSSR count). The molecule has 1 aromatic heterocycles. The SMILES string of the molecule is O=C(Nc1ccc(C(F)(F)F)nc1)Nc1cccc(CN2CCN(C(=O)O)CC2)c1F. The van der Waals surface area contributed by atoms with Crippen molar-refractivity contribution >= 4 is 23.5 Å². The monoisotopic (exact) mass is 441 g/mol. The first-order valence-corrected chi connectivity index (χ1v) is 9.22. The van der Waals surface area contributed by atoms with Crippen molar-refractivity contribution in [3.05, 3.63) is 53.6 Å². The lowest BCUT2D eigenvalue weighted by atomic mass is 10.1. The Morgan fingerprint density at radius 3 is 2.35 bits per heavy atom. The average Bonchev–Trinajstić information content (AvgIpc) is 2.71. The van der Waals surface area contributed by atoms with Gasteiger partial charge in [0.05, 0.1) is 17.6 Å². The number of nitrogens with zero attached hydrogens (tertiary/aromatic N) is 3. The molecule has 12 heteroatoms. The summed E-state index contributed by atoms with van der Waals surface area (Å²) in [4.78, 5) is 29.5. The van der Waals surface area contributed by atoms with Crippen LogP contribution in [0.4, 0.5) is 38.5 Å². The van der Waals surface area contributed by atoms with Crippen LogP contribution in [0.5, 0.6) is 0 Å². The maximum absolute atomic E-state index is 14.8. The van der Waals surface area contributed by atoms with E-state index in [4.69, 9.17) is 5.11 Å². The van der Waals surface area contributed by atoms with E-state index in [1.54, 1.807) is 12.1 Å². The molecule has 1 saturated heterocycles. The van der Waals surface area contributed by atoms with Gasteiger partial charge in [-0.1, -0.05) is 12.1 Å². The number of carbonyl (C=O) groups is 2.